The zero-order valence-electron chi connectivity index (χ0n) is 37.9. The van der Waals surface area contributed by atoms with E-state index in [1.54, 1.807) is 6.08 Å². The molecule has 3 fully saturated rings. The molecule has 4 unspecified atom stereocenters. The fourth-order valence-electron chi connectivity index (χ4n) is 5.25. The standard InChI is InChI=1S/C10H19N2.C9H17N2.C6H13N2.2C5H12NP.C3H6.2CH5P.3U/c1-10(11-6-2-3-7-11)12-8-4-5-9-12;1-5-10(6-2)9-11(7-3)8-4;1-6-7(2)4-5-8(6)3;1-7-6-4-2-3-5-6;1-4-6(5-2)7-3;1-3-2;2*1-2;;;/h2-9H2,1H3;9H,1-8H2;4-5H2,1-3H3;7H,2-5H2,1H3;7H,1-2,4-5H2,3H3;3H,1H2,2H3;2*2H2,1H3;;;/q+1;-3;+1;;-2;;;;3*+2/p+4. The summed E-state index contributed by atoms with van der Waals surface area (Å²) < 4.78 is 11.6. The van der Waals surface area contributed by atoms with Gasteiger partial charge in [-0.15, -0.1) is 6.58 Å². The van der Waals surface area contributed by atoms with E-state index in [9.17, 15) is 0 Å². The third-order valence-corrected chi connectivity index (χ3v) is 11.4. The Bertz CT molecular complexity index is 860. The van der Waals surface area contributed by atoms with Gasteiger partial charge in [0.2, 0.25) is 18.0 Å². The van der Waals surface area contributed by atoms with Crippen LogP contribution in [0.25, 0.3) is 0 Å². The van der Waals surface area contributed by atoms with Gasteiger partial charge < -0.3 is 51.0 Å². The van der Waals surface area contributed by atoms with Crippen LogP contribution in [0.5, 0.6) is 0 Å². The van der Waals surface area contributed by atoms with Gasteiger partial charge in [0.1, 0.15) is 13.1 Å². The van der Waals surface area contributed by atoms with Gasteiger partial charge in [-0.3, -0.25) is 19.0 Å². The summed E-state index contributed by atoms with van der Waals surface area (Å²) in [6.07, 6.45) is 12.2. The smallest absolute Gasteiger partial charge is 0.327 e. The Kier molecular flexibility index (Phi) is 72.4. The number of likely N-dealkylation sites (tertiary alicyclic amines) is 1. The molecule has 4 aliphatic heterocycles. The maximum Gasteiger partial charge on any atom is 2.00 e. The molecular weight excluding hydrogens is 1430 g/mol. The van der Waals surface area contributed by atoms with E-state index in [0.29, 0.717) is 17.5 Å². The number of hydrogen-bond donors (Lipinski definition) is 0. The van der Waals surface area contributed by atoms with E-state index >= 15 is 0 Å². The van der Waals surface area contributed by atoms with Gasteiger partial charge in [-0.2, -0.15) is 4.67 Å². The quantitative estimate of drug-likeness (QED) is 0.0755. The Balaban J connectivity index is -0.000000100. The molecule has 0 radical (unpaired) electrons. The molecule has 55 heavy (non-hydrogen) atoms. The summed E-state index contributed by atoms with van der Waals surface area (Å²) in [6.45, 7) is 55.8. The molecule has 4 heterocycles. The molecule has 4 atom stereocenters. The van der Waals surface area contributed by atoms with E-state index in [0.717, 1.165) is 39.3 Å². The summed E-state index contributed by atoms with van der Waals surface area (Å²) in [5.74, 6) is 2.91. The fourth-order valence-corrected chi connectivity index (χ4v) is 6.65. The third kappa shape index (κ3) is 40.8. The zero-order valence-corrected chi connectivity index (χ0v) is 55.5. The van der Waals surface area contributed by atoms with E-state index < -0.39 is 0 Å². The summed E-state index contributed by atoms with van der Waals surface area (Å²) in [4.78, 5) is 6.82. The Hall–Kier alpha value is 2.95. The van der Waals surface area contributed by atoms with Crippen LogP contribution in [-0.4, -0.2) is 188 Å². The second kappa shape index (κ2) is 55.0. The van der Waals surface area contributed by atoms with E-state index in [1.807, 2.05) is 54.5 Å². The molecule has 3 saturated heterocycles. The fraction of sp³-hybridized carbons (Fsp3) is 0.725. The van der Waals surface area contributed by atoms with Gasteiger partial charge >= 0.3 is 93.3 Å². The average Bonchev–Trinajstić information content (AvgIpc) is 4.05. The molecule has 0 aromatic rings. The van der Waals surface area contributed by atoms with Crippen molar-refractivity contribution in [3.05, 3.63) is 54.2 Å². The Morgan fingerprint density at radius 1 is 0.782 bits per heavy atom. The van der Waals surface area contributed by atoms with Crippen molar-refractivity contribution in [2.75, 3.05) is 132 Å². The Morgan fingerprint density at radius 3 is 1.44 bits per heavy atom. The minimum absolute atomic E-state index is 0. The molecule has 318 valence electrons. The monoisotopic (exact) mass is 1520 g/mol. The molecule has 0 saturated carbocycles. The van der Waals surface area contributed by atoms with Crippen molar-refractivity contribution in [2.24, 2.45) is 0 Å². The van der Waals surface area contributed by atoms with Crippen molar-refractivity contribution in [3.8, 4) is 0 Å². The van der Waals surface area contributed by atoms with Crippen molar-refractivity contribution < 1.29 is 107 Å². The third-order valence-electron chi connectivity index (χ3n) is 8.92. The number of rotatable bonds is 9. The van der Waals surface area contributed by atoms with E-state index in [4.69, 9.17) is 0 Å². The first-order valence-electron chi connectivity index (χ1n) is 19.8. The van der Waals surface area contributed by atoms with Gasteiger partial charge in [0.15, 0.2) is 0 Å². The Labute approximate surface area is 426 Å². The van der Waals surface area contributed by atoms with Crippen molar-refractivity contribution in [3.63, 3.8) is 0 Å². The van der Waals surface area contributed by atoms with Crippen LogP contribution >= 0.6 is 35.9 Å². The summed E-state index contributed by atoms with van der Waals surface area (Å²) >= 11 is 0. The van der Waals surface area contributed by atoms with Gasteiger partial charge in [-0.25, -0.2) is 4.67 Å². The zero-order chi connectivity index (χ0) is 40.7. The van der Waals surface area contributed by atoms with E-state index in [2.05, 4.69) is 118 Å². The molecule has 4 aliphatic rings. The molecule has 15 heteroatoms. The predicted octanol–water partition coefficient (Wildman–Crippen LogP) is 5.55. The number of hydrogen-bond acceptors (Lipinski definition) is 3. The van der Waals surface area contributed by atoms with E-state index in [1.165, 1.54) is 103 Å². The molecule has 0 aromatic heterocycles. The first-order valence-corrected chi connectivity index (χ1v) is 26.0. The second-order valence-corrected chi connectivity index (χ2v) is 14.7. The largest absolute Gasteiger partial charge is 2.00 e. The maximum atomic E-state index is 3.77. The van der Waals surface area contributed by atoms with Crippen LogP contribution < -0.4 is 0 Å². The molecule has 8 nitrogen and oxygen atoms in total. The number of nitrogens with zero attached hydrogens (tertiary/aromatic N) is 8. The molecule has 0 aromatic carbocycles. The summed E-state index contributed by atoms with van der Waals surface area (Å²) in [7, 11) is 9.05. The van der Waals surface area contributed by atoms with Crippen molar-refractivity contribution in [2.45, 2.75) is 59.3 Å². The van der Waals surface area contributed by atoms with Crippen LogP contribution in [-0.2, 0) is 0 Å². The van der Waals surface area contributed by atoms with Crippen LogP contribution in [0, 0.1) is 135 Å². The topological polar surface area (TPSA) is 25.2 Å². The van der Waals surface area contributed by atoms with Crippen LogP contribution in [0.1, 0.15) is 59.3 Å². The van der Waals surface area contributed by atoms with Crippen molar-refractivity contribution >= 4 is 54.0 Å². The molecule has 0 spiro atoms. The summed E-state index contributed by atoms with van der Waals surface area (Å²) in [5, 5.41) is 0. The van der Waals surface area contributed by atoms with Gasteiger partial charge in [-0.05, 0) is 90.1 Å². The molecule has 0 aliphatic carbocycles. The molecular formula is C40H93N8P4U3+7. The van der Waals surface area contributed by atoms with Crippen LogP contribution in [0.4, 0.5) is 0 Å². The normalized spacial score (nSPS) is 15.4. The minimum atomic E-state index is 0. The van der Waals surface area contributed by atoms with Gasteiger partial charge in [-0.1, -0.05) is 19.2 Å². The number of likely N-dealkylation sites (N-methyl/N-ethyl adjacent to an activating group) is 2. The van der Waals surface area contributed by atoms with Crippen molar-refractivity contribution in [1.82, 2.24) is 24.0 Å². The van der Waals surface area contributed by atoms with Gasteiger partial charge in [0.25, 0.3) is 0 Å². The predicted molar refractivity (Wildman–Crippen MR) is 258 cm³/mol. The second-order valence-electron chi connectivity index (χ2n) is 12.2. The van der Waals surface area contributed by atoms with Gasteiger partial charge in [0, 0.05) is 49.0 Å². The van der Waals surface area contributed by atoms with Crippen molar-refractivity contribution in [1.29, 1.82) is 0 Å². The van der Waals surface area contributed by atoms with Crippen LogP contribution in [0.2, 0.25) is 0 Å². The SMILES string of the molecule is C=CC.CC(N1CCCC1)=[N+]1CCCC1.CC1=[N+](C)CCN1C.C[PH2+]N1CCCC1.C[PH3+].C[PH3+].[CH2-]CN(C=[N+](C[CH2-])C[CH2-])C[CH2-].[CH2-]CN(C[CH2-])[PH2+]C.[U+2].[U+2].[U+2]. The average molecular weight is 1520 g/mol. The summed E-state index contributed by atoms with van der Waals surface area (Å²) in [5.41, 5.74) is 0. The van der Waals surface area contributed by atoms with Crippen LogP contribution in [0.15, 0.2) is 12.7 Å². The molecule has 0 bridgehead atoms. The Morgan fingerprint density at radius 2 is 1.20 bits per heavy atom. The number of allylic oxidation sites excluding steroid dienone is 1. The van der Waals surface area contributed by atoms with Crippen LogP contribution in [0.3, 0.4) is 0 Å². The molecule has 4 rings (SSSR count). The number of amidine groups is 2. The first kappa shape index (κ1) is 72.4. The van der Waals surface area contributed by atoms with Gasteiger partial charge in [0.05, 0.1) is 62.3 Å². The summed E-state index contributed by atoms with van der Waals surface area (Å²) in [6, 6.07) is 0. The van der Waals surface area contributed by atoms with E-state index in [-0.39, 0.29) is 93.3 Å². The minimum Gasteiger partial charge on any atom is -0.327 e. The molecule has 0 amide bonds. The molecule has 0 N–H and O–H groups in total. The first-order chi connectivity index (χ1) is 25.1. The maximum absolute atomic E-state index is 3.77.